The molecule has 0 unspecified atom stereocenters. The van der Waals surface area contributed by atoms with Crippen LogP contribution < -0.4 is 10.1 Å². The topological polar surface area (TPSA) is 94.6 Å². The molecule has 10 heteroatoms. The third kappa shape index (κ3) is 6.57. The molecular formula is C28H24F2N2O5S. The molecule has 196 valence electrons. The van der Waals surface area contributed by atoms with Crippen LogP contribution in [0.15, 0.2) is 54.7 Å². The molecule has 0 aliphatic carbocycles. The fourth-order valence-electron chi connectivity index (χ4n) is 3.76. The zero-order valence-corrected chi connectivity index (χ0v) is 21.5. The van der Waals surface area contributed by atoms with Gasteiger partial charge in [0.2, 0.25) is 0 Å². The number of aryl methyl sites for hydroxylation is 1. The van der Waals surface area contributed by atoms with Gasteiger partial charge in [-0.1, -0.05) is 23.8 Å². The summed E-state index contributed by atoms with van der Waals surface area (Å²) in [5.74, 6) is -1.61. The summed E-state index contributed by atoms with van der Waals surface area (Å²) in [6.07, 6.45) is 1.25. The van der Waals surface area contributed by atoms with Crippen LogP contribution in [0.5, 0.6) is 11.5 Å². The smallest absolute Gasteiger partial charge is 0.307 e. The van der Waals surface area contributed by atoms with Crippen molar-refractivity contribution in [1.82, 2.24) is 10.3 Å². The Kier molecular flexibility index (Phi) is 8.42. The Bertz CT molecular complexity index is 1520. The molecule has 38 heavy (non-hydrogen) atoms. The first-order valence-electron chi connectivity index (χ1n) is 11.7. The third-order valence-corrected chi connectivity index (χ3v) is 6.81. The molecule has 0 spiro atoms. The number of fused-ring (bicyclic) bond motifs is 1. The fraction of sp³-hybridized carbons (Fsp3) is 0.214. The van der Waals surface area contributed by atoms with E-state index in [1.807, 2.05) is 6.92 Å². The van der Waals surface area contributed by atoms with Crippen LogP contribution in [0, 0.1) is 18.6 Å². The van der Waals surface area contributed by atoms with Gasteiger partial charge in [-0.3, -0.25) is 19.4 Å². The van der Waals surface area contributed by atoms with E-state index in [0.29, 0.717) is 20.8 Å². The number of nitrogens with one attached hydrogen (secondary N) is 1. The molecule has 1 N–H and O–H groups in total. The number of nitrogens with zero attached hydrogens (tertiary/aromatic N) is 1. The van der Waals surface area contributed by atoms with Gasteiger partial charge in [0, 0.05) is 37.7 Å². The first-order valence-corrected chi connectivity index (χ1v) is 12.5. The number of ketones is 1. The molecule has 2 heterocycles. The summed E-state index contributed by atoms with van der Waals surface area (Å²) in [5.41, 5.74) is 1.82. The Morgan fingerprint density at radius 2 is 1.76 bits per heavy atom. The second-order valence-corrected chi connectivity index (χ2v) is 9.61. The van der Waals surface area contributed by atoms with Crippen molar-refractivity contribution < 1.29 is 32.6 Å². The molecule has 7 nitrogen and oxygen atoms in total. The van der Waals surface area contributed by atoms with Crippen molar-refractivity contribution >= 4 is 39.2 Å². The molecule has 0 aliphatic heterocycles. The number of methoxy groups -OCH3 is 1. The minimum absolute atomic E-state index is 0.0513. The molecule has 0 bridgehead atoms. The van der Waals surface area contributed by atoms with E-state index in [0.717, 1.165) is 16.9 Å². The Balaban J connectivity index is 1.44. The van der Waals surface area contributed by atoms with E-state index in [4.69, 9.17) is 4.74 Å². The predicted octanol–water partition coefficient (Wildman–Crippen LogP) is 5.32. The van der Waals surface area contributed by atoms with Gasteiger partial charge in [-0.05, 0) is 36.2 Å². The SMILES string of the molecule is COC(=O)CCNC(=O)c1cc2nccc(Oc3ccc(CC(=O)Cc4cc(C)ccc4F)c(F)c3)c2s1. The normalized spacial score (nSPS) is 10.8. The van der Waals surface area contributed by atoms with E-state index < -0.39 is 17.6 Å². The van der Waals surface area contributed by atoms with Crippen LogP contribution in [0.1, 0.15) is 32.8 Å². The average Bonchev–Trinajstić information content (AvgIpc) is 3.33. The number of hydrogen-bond donors (Lipinski definition) is 1. The van der Waals surface area contributed by atoms with E-state index >= 15 is 0 Å². The molecule has 0 fully saturated rings. The number of carbonyl (C=O) groups is 3. The Morgan fingerprint density at radius 1 is 0.974 bits per heavy atom. The van der Waals surface area contributed by atoms with Crippen LogP contribution >= 0.6 is 11.3 Å². The number of halogens is 2. The third-order valence-electron chi connectivity index (χ3n) is 5.67. The highest BCUT2D eigenvalue weighted by Gasteiger charge is 2.16. The zero-order chi connectivity index (χ0) is 27.2. The minimum atomic E-state index is -0.622. The van der Waals surface area contributed by atoms with Gasteiger partial charge in [0.15, 0.2) is 0 Å². The first kappa shape index (κ1) is 26.9. The van der Waals surface area contributed by atoms with Gasteiger partial charge < -0.3 is 14.8 Å². The average molecular weight is 539 g/mol. The molecule has 1 amide bonds. The predicted molar refractivity (Wildman–Crippen MR) is 139 cm³/mol. The molecule has 0 atom stereocenters. The minimum Gasteiger partial charge on any atom is -0.469 e. The number of pyridine rings is 1. The first-order chi connectivity index (χ1) is 18.2. The standard InChI is InChI=1S/C28H24F2N2O5S/c1-16-3-6-21(29)18(11-16)13-19(33)12-17-4-5-20(14-22(17)30)37-24-7-9-31-23-15-25(38-27(23)24)28(35)32-10-8-26(34)36-2/h3-7,9,11,14-15H,8,10,12-13H2,1-2H3,(H,32,35). The molecule has 2 aromatic carbocycles. The lowest BCUT2D eigenvalue weighted by molar-refractivity contribution is -0.140. The highest BCUT2D eigenvalue weighted by Crippen LogP contribution is 2.35. The number of ether oxygens (including phenoxy) is 2. The number of aromatic nitrogens is 1. The summed E-state index contributed by atoms with van der Waals surface area (Å²) in [6.45, 7) is 1.94. The monoisotopic (exact) mass is 538 g/mol. The Morgan fingerprint density at radius 3 is 2.53 bits per heavy atom. The zero-order valence-electron chi connectivity index (χ0n) is 20.7. The van der Waals surface area contributed by atoms with Gasteiger partial charge in [-0.25, -0.2) is 8.78 Å². The summed E-state index contributed by atoms with van der Waals surface area (Å²) in [4.78, 5) is 40.8. The van der Waals surface area contributed by atoms with Crippen molar-refractivity contribution in [2.24, 2.45) is 0 Å². The number of amides is 1. The number of hydrogen-bond acceptors (Lipinski definition) is 7. The number of carbonyl (C=O) groups excluding carboxylic acids is 3. The second-order valence-electron chi connectivity index (χ2n) is 8.56. The van der Waals surface area contributed by atoms with E-state index in [1.165, 1.54) is 31.5 Å². The van der Waals surface area contributed by atoms with Gasteiger partial charge >= 0.3 is 5.97 Å². The maximum atomic E-state index is 14.8. The number of benzene rings is 2. The molecule has 2 aromatic heterocycles. The van der Waals surface area contributed by atoms with Crippen molar-refractivity contribution in [3.63, 3.8) is 0 Å². The summed E-state index contributed by atoms with van der Waals surface area (Å²) in [6, 6.07) is 11.9. The molecular weight excluding hydrogens is 514 g/mol. The highest BCUT2D eigenvalue weighted by molar-refractivity contribution is 7.21. The lowest BCUT2D eigenvalue weighted by Gasteiger charge is -2.09. The summed E-state index contributed by atoms with van der Waals surface area (Å²) >= 11 is 1.15. The lowest BCUT2D eigenvalue weighted by atomic mass is 10.0. The Hall–Kier alpha value is -4.18. The van der Waals surface area contributed by atoms with Crippen molar-refractivity contribution in [3.05, 3.63) is 87.9 Å². The number of thiophene rings is 1. The number of esters is 1. The molecule has 4 aromatic rings. The van der Waals surface area contributed by atoms with Crippen molar-refractivity contribution in [2.45, 2.75) is 26.2 Å². The highest BCUT2D eigenvalue weighted by atomic mass is 32.1. The van der Waals surface area contributed by atoms with Crippen molar-refractivity contribution in [3.8, 4) is 11.5 Å². The summed E-state index contributed by atoms with van der Waals surface area (Å²) in [5, 5.41) is 2.65. The number of rotatable bonds is 10. The van der Waals surface area contributed by atoms with E-state index in [9.17, 15) is 23.2 Å². The van der Waals surface area contributed by atoms with Crippen molar-refractivity contribution in [2.75, 3.05) is 13.7 Å². The van der Waals surface area contributed by atoms with Crippen molar-refractivity contribution in [1.29, 1.82) is 0 Å². The maximum absolute atomic E-state index is 14.8. The fourth-order valence-corrected chi connectivity index (χ4v) is 4.74. The van der Waals surface area contributed by atoms with Crippen LogP contribution in [0.25, 0.3) is 10.2 Å². The van der Waals surface area contributed by atoms with Gasteiger partial charge in [0.1, 0.15) is 28.9 Å². The van der Waals surface area contributed by atoms with E-state index in [-0.39, 0.29) is 54.4 Å². The van der Waals surface area contributed by atoms with Gasteiger partial charge in [0.25, 0.3) is 5.91 Å². The van der Waals surface area contributed by atoms with Crippen LogP contribution in [-0.2, 0) is 27.2 Å². The molecule has 0 radical (unpaired) electrons. The summed E-state index contributed by atoms with van der Waals surface area (Å²) in [7, 11) is 1.28. The Labute approximate surface area is 221 Å². The van der Waals surface area contributed by atoms with Crippen LogP contribution in [-0.4, -0.2) is 36.3 Å². The lowest BCUT2D eigenvalue weighted by Crippen LogP contribution is -2.25. The van der Waals surface area contributed by atoms with Crippen LogP contribution in [0.3, 0.4) is 0 Å². The molecule has 0 saturated heterocycles. The van der Waals surface area contributed by atoms with Gasteiger partial charge in [0.05, 0.1) is 28.6 Å². The largest absolute Gasteiger partial charge is 0.469 e. The van der Waals surface area contributed by atoms with Gasteiger partial charge in [-0.15, -0.1) is 11.3 Å². The van der Waals surface area contributed by atoms with Crippen LogP contribution in [0.4, 0.5) is 8.78 Å². The van der Waals surface area contributed by atoms with E-state index in [1.54, 1.807) is 30.3 Å². The maximum Gasteiger partial charge on any atom is 0.307 e. The van der Waals surface area contributed by atoms with Crippen LogP contribution in [0.2, 0.25) is 0 Å². The number of Topliss-reactive ketones (excluding diaryl/α,β-unsaturated/α-hetero) is 1. The van der Waals surface area contributed by atoms with E-state index in [2.05, 4.69) is 15.0 Å². The van der Waals surface area contributed by atoms with Gasteiger partial charge in [-0.2, -0.15) is 0 Å². The molecule has 0 saturated carbocycles. The second kappa shape index (κ2) is 11.9. The molecule has 0 aliphatic rings. The quantitative estimate of drug-likeness (QED) is 0.275. The summed E-state index contributed by atoms with van der Waals surface area (Å²) < 4.78 is 39.8. The molecule has 4 rings (SSSR count).